The molecule has 0 spiro atoms. The first-order chi connectivity index (χ1) is 12.9. The third kappa shape index (κ3) is 3.32. The van der Waals surface area contributed by atoms with Gasteiger partial charge in [-0.05, 0) is 49.7 Å². The van der Waals surface area contributed by atoms with Crippen LogP contribution in [0.4, 0.5) is 8.78 Å². The van der Waals surface area contributed by atoms with Crippen molar-refractivity contribution in [1.82, 2.24) is 14.9 Å². The van der Waals surface area contributed by atoms with Crippen molar-refractivity contribution in [3.8, 4) is 0 Å². The molecular weight excluding hydrogens is 434 g/mol. The Labute approximate surface area is 167 Å². The predicted octanol–water partition coefficient (Wildman–Crippen LogP) is 5.00. The molecule has 0 unspecified atom stereocenters. The number of thioether (sulfide) groups is 1. The van der Waals surface area contributed by atoms with E-state index < -0.39 is 17.0 Å². The Morgan fingerprint density at radius 2 is 1.78 bits per heavy atom. The number of hydrogen-bond donors (Lipinski definition) is 0. The average molecular weight is 449 g/mol. The summed E-state index contributed by atoms with van der Waals surface area (Å²) in [7, 11) is 0. The van der Waals surface area contributed by atoms with Gasteiger partial charge in [-0.2, -0.15) is 9.78 Å². The van der Waals surface area contributed by atoms with Gasteiger partial charge < -0.3 is 0 Å². The molecule has 2 aromatic carbocycles. The minimum Gasteiger partial charge on any atom is -0.204 e. The van der Waals surface area contributed by atoms with Gasteiger partial charge in [0, 0.05) is 15.8 Å². The lowest BCUT2D eigenvalue weighted by atomic mass is 9.84. The lowest BCUT2D eigenvalue weighted by Gasteiger charge is -2.25. The maximum atomic E-state index is 13.6. The summed E-state index contributed by atoms with van der Waals surface area (Å²) in [6.07, 6.45) is 0. The molecule has 138 valence electrons. The first kappa shape index (κ1) is 18.3. The molecule has 0 saturated carbocycles. The molecule has 3 aromatic rings. The van der Waals surface area contributed by atoms with Crippen molar-refractivity contribution in [3.05, 3.63) is 75.5 Å². The van der Waals surface area contributed by atoms with Gasteiger partial charge in [-0.3, -0.25) is 0 Å². The molecule has 0 N–H and O–H groups in total. The third-order valence-electron chi connectivity index (χ3n) is 4.55. The smallest absolute Gasteiger partial charge is 0.204 e. The number of benzene rings is 2. The minimum absolute atomic E-state index is 0.438. The highest BCUT2D eigenvalue weighted by Gasteiger charge is 2.32. The molecule has 0 atom stereocenters. The fraction of sp³-hybridized carbons (Fsp3) is 0.211. The Bertz CT molecular complexity index is 1040. The van der Waals surface area contributed by atoms with E-state index >= 15 is 0 Å². The zero-order valence-electron chi connectivity index (χ0n) is 14.6. The summed E-state index contributed by atoms with van der Waals surface area (Å²) in [5.41, 5.74) is 1.83. The molecule has 4 nitrogen and oxygen atoms in total. The van der Waals surface area contributed by atoms with Gasteiger partial charge in [0.2, 0.25) is 5.16 Å². The molecule has 0 bridgehead atoms. The van der Waals surface area contributed by atoms with E-state index in [2.05, 4.69) is 45.1 Å². The molecule has 1 aromatic heterocycles. The Balaban J connectivity index is 1.78. The van der Waals surface area contributed by atoms with Gasteiger partial charge in [0.05, 0.1) is 11.1 Å². The van der Waals surface area contributed by atoms with E-state index in [-0.39, 0.29) is 0 Å². The van der Waals surface area contributed by atoms with E-state index in [4.69, 9.17) is 0 Å². The van der Waals surface area contributed by atoms with Gasteiger partial charge in [0.15, 0.2) is 17.5 Å². The fourth-order valence-electron chi connectivity index (χ4n) is 2.93. The highest BCUT2D eigenvalue weighted by atomic mass is 79.9. The second kappa shape index (κ2) is 6.83. The Morgan fingerprint density at radius 3 is 2.48 bits per heavy atom. The zero-order valence-corrected chi connectivity index (χ0v) is 17.0. The van der Waals surface area contributed by atoms with E-state index in [9.17, 15) is 8.78 Å². The van der Waals surface area contributed by atoms with Gasteiger partial charge in [-0.15, -0.1) is 10.2 Å². The highest BCUT2D eigenvalue weighted by Crippen LogP contribution is 2.34. The van der Waals surface area contributed by atoms with Crippen LogP contribution in [0.1, 0.15) is 30.8 Å². The molecule has 0 radical (unpaired) electrons. The summed E-state index contributed by atoms with van der Waals surface area (Å²) in [5, 5.41) is 13.9. The molecule has 1 aliphatic heterocycles. The van der Waals surface area contributed by atoms with Crippen LogP contribution in [0, 0.1) is 11.6 Å². The predicted molar refractivity (Wildman–Crippen MR) is 105 cm³/mol. The monoisotopic (exact) mass is 448 g/mol. The first-order valence-electron chi connectivity index (χ1n) is 8.24. The lowest BCUT2D eigenvalue weighted by Crippen LogP contribution is -2.25. The maximum Gasteiger partial charge on any atom is 0.212 e. The second-order valence-electron chi connectivity index (χ2n) is 6.71. The van der Waals surface area contributed by atoms with Crippen LogP contribution in [0.5, 0.6) is 0 Å². The van der Waals surface area contributed by atoms with Crippen molar-refractivity contribution < 1.29 is 8.78 Å². The molecule has 4 rings (SSSR count). The van der Waals surface area contributed by atoms with Crippen LogP contribution in [0.15, 0.2) is 57.2 Å². The van der Waals surface area contributed by atoms with Gasteiger partial charge in [-0.1, -0.05) is 39.8 Å². The quantitative estimate of drug-likeness (QED) is 0.565. The number of nitrogens with zero attached hydrogens (tertiary/aromatic N) is 4. The van der Waals surface area contributed by atoms with E-state index in [1.165, 1.54) is 23.9 Å². The average Bonchev–Trinajstić information content (AvgIpc) is 3.08. The van der Waals surface area contributed by atoms with Crippen LogP contribution in [-0.4, -0.2) is 26.3 Å². The summed E-state index contributed by atoms with van der Waals surface area (Å²) in [6.45, 7) is 4.11. The van der Waals surface area contributed by atoms with E-state index in [0.29, 0.717) is 28.0 Å². The van der Waals surface area contributed by atoms with Crippen LogP contribution in [0.2, 0.25) is 0 Å². The van der Waals surface area contributed by atoms with Crippen LogP contribution < -0.4 is 0 Å². The normalized spacial score (nSPS) is 14.0. The number of halogens is 3. The fourth-order valence-corrected chi connectivity index (χ4v) is 4.03. The summed E-state index contributed by atoms with van der Waals surface area (Å²) in [4.78, 5) is 0. The Morgan fingerprint density at radius 1 is 1.04 bits per heavy atom. The second-order valence-corrected chi connectivity index (χ2v) is 8.57. The highest BCUT2D eigenvalue weighted by molar-refractivity contribution is 9.10. The Kier molecular flexibility index (Phi) is 4.63. The van der Waals surface area contributed by atoms with Crippen LogP contribution in [0.25, 0.3) is 0 Å². The van der Waals surface area contributed by atoms with Crippen molar-refractivity contribution >= 4 is 33.4 Å². The van der Waals surface area contributed by atoms with E-state index in [0.717, 1.165) is 16.1 Å². The van der Waals surface area contributed by atoms with Crippen LogP contribution in [0.3, 0.4) is 0 Å². The molecule has 2 heterocycles. The van der Waals surface area contributed by atoms with Crippen molar-refractivity contribution in [2.75, 3.05) is 5.75 Å². The number of fused-ring (bicyclic) bond motifs is 1. The third-order valence-corrected chi connectivity index (χ3v) is 6.01. The standard InChI is InChI=1S/C19H15BrF2N4S/c1-19(2,12-4-6-13(20)7-5-12)17-23-24-18-26(17)25-16(10-27-18)11-3-8-14(21)15(22)9-11/h3-9H,10H2,1-2H3. The van der Waals surface area contributed by atoms with Crippen molar-refractivity contribution in [2.45, 2.75) is 24.4 Å². The van der Waals surface area contributed by atoms with Gasteiger partial charge >= 0.3 is 0 Å². The van der Waals surface area contributed by atoms with Crippen molar-refractivity contribution in [1.29, 1.82) is 0 Å². The first-order valence-corrected chi connectivity index (χ1v) is 10.0. The molecule has 0 fully saturated rings. The van der Waals surface area contributed by atoms with Gasteiger partial charge in [0.1, 0.15) is 0 Å². The molecule has 0 saturated heterocycles. The molecule has 8 heteroatoms. The Hall–Kier alpha value is -2.06. The minimum atomic E-state index is -0.884. The SMILES string of the molecule is CC(C)(c1ccc(Br)cc1)c1nnc2n1N=C(c1ccc(F)c(F)c1)CS2. The summed E-state index contributed by atoms with van der Waals surface area (Å²) >= 11 is 4.92. The summed E-state index contributed by atoms with van der Waals surface area (Å²) < 4.78 is 29.6. The van der Waals surface area contributed by atoms with Crippen LogP contribution >= 0.6 is 27.7 Å². The summed E-state index contributed by atoms with van der Waals surface area (Å²) in [6, 6.07) is 11.8. The van der Waals surface area contributed by atoms with Crippen molar-refractivity contribution in [2.24, 2.45) is 5.10 Å². The lowest BCUT2D eigenvalue weighted by molar-refractivity contribution is 0.508. The topological polar surface area (TPSA) is 43.1 Å². The number of aromatic nitrogens is 3. The molecule has 0 aliphatic carbocycles. The molecule has 1 aliphatic rings. The number of hydrogen-bond acceptors (Lipinski definition) is 4. The number of rotatable bonds is 3. The molecule has 0 amide bonds. The largest absolute Gasteiger partial charge is 0.212 e. The van der Waals surface area contributed by atoms with Crippen molar-refractivity contribution in [3.63, 3.8) is 0 Å². The zero-order chi connectivity index (χ0) is 19.2. The van der Waals surface area contributed by atoms with E-state index in [1.54, 1.807) is 4.68 Å². The van der Waals surface area contributed by atoms with E-state index in [1.807, 2.05) is 24.3 Å². The summed E-state index contributed by atoms with van der Waals surface area (Å²) in [5.74, 6) is -0.552. The van der Waals surface area contributed by atoms with Gasteiger partial charge in [-0.25, -0.2) is 8.78 Å². The van der Waals surface area contributed by atoms with Gasteiger partial charge in [0.25, 0.3) is 0 Å². The molecule has 27 heavy (non-hydrogen) atoms. The molecular formula is C19H15BrF2N4S. The maximum absolute atomic E-state index is 13.6. The van der Waals surface area contributed by atoms with Crippen LogP contribution in [-0.2, 0) is 5.41 Å².